The van der Waals surface area contributed by atoms with Crippen molar-refractivity contribution in [3.8, 4) is 0 Å². The van der Waals surface area contributed by atoms with Gasteiger partial charge in [0.1, 0.15) is 0 Å². The minimum Gasteiger partial charge on any atom is -0.351 e. The van der Waals surface area contributed by atoms with Crippen LogP contribution in [0.5, 0.6) is 0 Å². The van der Waals surface area contributed by atoms with Crippen molar-refractivity contribution in [2.24, 2.45) is 0 Å². The second-order valence-electron chi connectivity index (χ2n) is 4.70. The van der Waals surface area contributed by atoms with E-state index in [4.69, 9.17) is 0 Å². The molecule has 0 aromatic carbocycles. The minimum absolute atomic E-state index is 0.155. The quantitative estimate of drug-likeness (QED) is 0.745. The molecule has 0 aromatic heterocycles. The first-order valence-electron chi connectivity index (χ1n) is 5.86. The van der Waals surface area contributed by atoms with Crippen molar-refractivity contribution >= 4 is 17.7 Å². The lowest BCUT2D eigenvalue weighted by Crippen LogP contribution is -2.51. The summed E-state index contributed by atoms with van der Waals surface area (Å²) in [5, 5.41) is 6.50. The Bertz CT molecular complexity index is 233. The summed E-state index contributed by atoms with van der Waals surface area (Å²) < 4.78 is -0.155. The molecule has 2 fully saturated rings. The van der Waals surface area contributed by atoms with E-state index in [1.807, 2.05) is 11.8 Å². The Morgan fingerprint density at radius 3 is 3.00 bits per heavy atom. The summed E-state index contributed by atoms with van der Waals surface area (Å²) in [6.07, 6.45) is 4.51. The monoisotopic (exact) mass is 228 g/mol. The van der Waals surface area contributed by atoms with Gasteiger partial charge in [-0.05, 0) is 44.9 Å². The minimum atomic E-state index is -0.155. The summed E-state index contributed by atoms with van der Waals surface area (Å²) in [6.45, 7) is 4.11. The predicted molar refractivity (Wildman–Crippen MR) is 64.1 cm³/mol. The van der Waals surface area contributed by atoms with Crippen LogP contribution in [0.15, 0.2) is 0 Å². The molecule has 3 nitrogen and oxygen atoms in total. The molecule has 0 bridgehead atoms. The van der Waals surface area contributed by atoms with Gasteiger partial charge < -0.3 is 10.6 Å². The van der Waals surface area contributed by atoms with Crippen LogP contribution in [0, 0.1) is 0 Å². The third-order valence-corrected chi connectivity index (χ3v) is 4.85. The normalized spacial score (nSPS) is 36.5. The SMILES string of the molecule is CC1(C(=O)N[C@@H]2CCCNC2)CCCS1. The fraction of sp³-hybridized carbons (Fsp3) is 0.909. The molecule has 15 heavy (non-hydrogen) atoms. The van der Waals surface area contributed by atoms with E-state index < -0.39 is 0 Å². The Kier molecular flexibility index (Phi) is 3.57. The van der Waals surface area contributed by atoms with Crippen LogP contribution >= 0.6 is 11.8 Å². The average Bonchev–Trinajstić information content (AvgIpc) is 2.68. The van der Waals surface area contributed by atoms with Gasteiger partial charge in [-0.3, -0.25) is 4.79 Å². The topological polar surface area (TPSA) is 41.1 Å². The third-order valence-electron chi connectivity index (χ3n) is 3.33. The number of rotatable bonds is 2. The fourth-order valence-corrected chi connectivity index (χ4v) is 3.49. The van der Waals surface area contributed by atoms with E-state index in [-0.39, 0.29) is 10.7 Å². The lowest BCUT2D eigenvalue weighted by molar-refractivity contribution is -0.123. The van der Waals surface area contributed by atoms with Crippen molar-refractivity contribution in [2.75, 3.05) is 18.8 Å². The van der Waals surface area contributed by atoms with Crippen molar-refractivity contribution in [1.29, 1.82) is 0 Å². The highest BCUT2D eigenvalue weighted by atomic mass is 32.2. The van der Waals surface area contributed by atoms with Crippen molar-refractivity contribution in [2.45, 2.75) is 43.4 Å². The van der Waals surface area contributed by atoms with Crippen molar-refractivity contribution < 1.29 is 4.79 Å². The van der Waals surface area contributed by atoms with Gasteiger partial charge in [0.2, 0.25) is 5.91 Å². The Morgan fingerprint density at radius 2 is 2.40 bits per heavy atom. The molecule has 2 saturated heterocycles. The zero-order valence-corrected chi connectivity index (χ0v) is 10.2. The van der Waals surface area contributed by atoms with Gasteiger partial charge in [0.25, 0.3) is 0 Å². The second kappa shape index (κ2) is 4.74. The molecular weight excluding hydrogens is 208 g/mol. The van der Waals surface area contributed by atoms with Crippen molar-refractivity contribution in [3.05, 3.63) is 0 Å². The van der Waals surface area contributed by atoms with E-state index in [9.17, 15) is 4.79 Å². The highest BCUT2D eigenvalue weighted by Crippen LogP contribution is 2.37. The van der Waals surface area contributed by atoms with Crippen LogP contribution in [-0.4, -0.2) is 35.5 Å². The van der Waals surface area contributed by atoms with Crippen LogP contribution in [0.3, 0.4) is 0 Å². The van der Waals surface area contributed by atoms with E-state index in [0.717, 1.165) is 31.7 Å². The smallest absolute Gasteiger partial charge is 0.236 e. The van der Waals surface area contributed by atoms with Gasteiger partial charge in [0.05, 0.1) is 4.75 Å². The number of hydrogen-bond acceptors (Lipinski definition) is 3. The third kappa shape index (κ3) is 2.67. The van der Waals surface area contributed by atoms with Gasteiger partial charge in [-0.15, -0.1) is 11.8 Å². The number of carbonyl (C=O) groups excluding carboxylic acids is 1. The first-order chi connectivity index (χ1) is 7.21. The maximum atomic E-state index is 12.1. The largest absolute Gasteiger partial charge is 0.351 e. The zero-order chi connectivity index (χ0) is 10.7. The lowest BCUT2D eigenvalue weighted by atomic mass is 10.0. The molecule has 2 aliphatic heterocycles. The Hall–Kier alpha value is -0.220. The molecule has 2 atom stereocenters. The Morgan fingerprint density at radius 1 is 1.53 bits per heavy atom. The van der Waals surface area contributed by atoms with Crippen molar-refractivity contribution in [3.63, 3.8) is 0 Å². The van der Waals surface area contributed by atoms with E-state index in [2.05, 4.69) is 17.6 Å². The molecule has 1 unspecified atom stereocenters. The van der Waals surface area contributed by atoms with E-state index in [1.54, 1.807) is 0 Å². The summed E-state index contributed by atoms with van der Waals surface area (Å²) in [7, 11) is 0. The summed E-state index contributed by atoms with van der Waals surface area (Å²) in [6, 6.07) is 0.351. The van der Waals surface area contributed by atoms with Gasteiger partial charge >= 0.3 is 0 Å². The highest BCUT2D eigenvalue weighted by molar-refractivity contribution is 8.01. The molecule has 2 aliphatic rings. The van der Waals surface area contributed by atoms with Crippen LogP contribution in [-0.2, 0) is 4.79 Å². The molecule has 0 radical (unpaired) electrons. The molecule has 2 heterocycles. The van der Waals surface area contributed by atoms with Gasteiger partial charge in [0, 0.05) is 12.6 Å². The molecular formula is C11H20N2OS. The van der Waals surface area contributed by atoms with Crippen LogP contribution in [0.2, 0.25) is 0 Å². The number of piperidine rings is 1. The fourth-order valence-electron chi connectivity index (χ4n) is 2.27. The summed E-state index contributed by atoms with van der Waals surface area (Å²) in [5.41, 5.74) is 0. The second-order valence-corrected chi connectivity index (χ2v) is 6.30. The zero-order valence-electron chi connectivity index (χ0n) is 9.34. The van der Waals surface area contributed by atoms with Gasteiger partial charge in [-0.2, -0.15) is 0 Å². The van der Waals surface area contributed by atoms with Gasteiger partial charge in [-0.1, -0.05) is 0 Å². The average molecular weight is 228 g/mol. The van der Waals surface area contributed by atoms with Crippen LogP contribution in [0.4, 0.5) is 0 Å². The molecule has 4 heteroatoms. The van der Waals surface area contributed by atoms with Gasteiger partial charge in [0.15, 0.2) is 0 Å². The lowest BCUT2D eigenvalue weighted by Gasteiger charge is -2.28. The Labute approximate surface area is 95.8 Å². The molecule has 0 aromatic rings. The molecule has 2 N–H and O–H groups in total. The van der Waals surface area contributed by atoms with E-state index in [0.29, 0.717) is 6.04 Å². The van der Waals surface area contributed by atoms with E-state index in [1.165, 1.54) is 12.8 Å². The summed E-state index contributed by atoms with van der Waals surface area (Å²) >= 11 is 1.81. The molecule has 1 amide bonds. The molecule has 2 rings (SSSR count). The molecule has 0 aliphatic carbocycles. The highest BCUT2D eigenvalue weighted by Gasteiger charge is 2.37. The van der Waals surface area contributed by atoms with Crippen LogP contribution < -0.4 is 10.6 Å². The number of amides is 1. The first-order valence-corrected chi connectivity index (χ1v) is 6.85. The Balaban J connectivity index is 1.85. The summed E-state index contributed by atoms with van der Waals surface area (Å²) in [5.74, 6) is 1.38. The predicted octanol–water partition coefficient (Wildman–Crippen LogP) is 1.14. The number of nitrogens with one attached hydrogen (secondary N) is 2. The number of thioether (sulfide) groups is 1. The van der Waals surface area contributed by atoms with Crippen LogP contribution in [0.25, 0.3) is 0 Å². The van der Waals surface area contributed by atoms with Gasteiger partial charge in [-0.25, -0.2) is 0 Å². The first kappa shape index (κ1) is 11.3. The number of carbonyl (C=O) groups is 1. The standard InChI is InChI=1S/C11H20N2OS/c1-11(5-3-7-15-11)10(14)13-9-4-2-6-12-8-9/h9,12H,2-8H2,1H3,(H,13,14)/t9-,11?/m1/s1. The molecule has 86 valence electrons. The van der Waals surface area contributed by atoms with E-state index >= 15 is 0 Å². The summed E-state index contributed by atoms with van der Waals surface area (Å²) in [4.78, 5) is 12.1. The molecule has 0 spiro atoms. The maximum Gasteiger partial charge on any atom is 0.236 e. The maximum absolute atomic E-state index is 12.1. The van der Waals surface area contributed by atoms with Crippen LogP contribution in [0.1, 0.15) is 32.6 Å². The molecule has 0 saturated carbocycles. The number of hydrogen-bond donors (Lipinski definition) is 2. The van der Waals surface area contributed by atoms with Crippen molar-refractivity contribution in [1.82, 2.24) is 10.6 Å².